The lowest BCUT2D eigenvalue weighted by Gasteiger charge is -2.15. The highest BCUT2D eigenvalue weighted by Crippen LogP contribution is 2.25. The van der Waals surface area contributed by atoms with Crippen molar-refractivity contribution in [2.75, 3.05) is 6.54 Å². The van der Waals surface area contributed by atoms with E-state index in [9.17, 15) is 22.0 Å². The van der Waals surface area contributed by atoms with Crippen LogP contribution >= 0.6 is 0 Å². The molecular weight excluding hydrogens is 195 g/mol. The summed E-state index contributed by atoms with van der Waals surface area (Å²) in [7, 11) is 0. The Morgan fingerprint density at radius 2 is 2.08 bits per heavy atom. The Labute approximate surface area is 71.0 Å². The number of hydrogen-bond acceptors (Lipinski definition) is 2. The number of aliphatic imine (C=N–C) groups is 1. The van der Waals surface area contributed by atoms with Gasteiger partial charge in [0.15, 0.2) is 0 Å². The van der Waals surface area contributed by atoms with Crippen molar-refractivity contribution in [2.24, 2.45) is 4.99 Å². The van der Waals surface area contributed by atoms with Crippen molar-refractivity contribution >= 4 is 6.34 Å². The highest BCUT2D eigenvalue weighted by molar-refractivity contribution is 5.57. The van der Waals surface area contributed by atoms with Crippen LogP contribution in [0.3, 0.4) is 0 Å². The van der Waals surface area contributed by atoms with Crippen LogP contribution in [-0.2, 0) is 0 Å². The molecule has 1 heterocycles. The molecule has 0 aromatic carbocycles. The van der Waals surface area contributed by atoms with Gasteiger partial charge in [0.05, 0.1) is 18.8 Å². The standard InChI is InChI=1S/C6H7F5N2/c7-5(8)13-2-4(12-3-13)1-6(9,10)11/h3-5H,1-2H2. The molecule has 1 rings (SSSR count). The molecule has 1 aliphatic rings. The van der Waals surface area contributed by atoms with Gasteiger partial charge in [0.1, 0.15) is 0 Å². The fourth-order valence-corrected chi connectivity index (χ4v) is 1.03. The number of halogens is 5. The zero-order valence-corrected chi connectivity index (χ0v) is 6.43. The molecule has 1 aliphatic heterocycles. The third-order valence-electron chi connectivity index (χ3n) is 1.57. The highest BCUT2D eigenvalue weighted by atomic mass is 19.4. The molecule has 0 saturated carbocycles. The van der Waals surface area contributed by atoms with Gasteiger partial charge in [0, 0.05) is 6.54 Å². The molecule has 0 N–H and O–H groups in total. The summed E-state index contributed by atoms with van der Waals surface area (Å²) >= 11 is 0. The third-order valence-corrected chi connectivity index (χ3v) is 1.57. The second kappa shape index (κ2) is 3.47. The summed E-state index contributed by atoms with van der Waals surface area (Å²) in [6, 6.07) is -1.09. The van der Waals surface area contributed by atoms with Crippen molar-refractivity contribution in [2.45, 2.75) is 25.2 Å². The van der Waals surface area contributed by atoms with Crippen molar-refractivity contribution in [1.82, 2.24) is 4.90 Å². The van der Waals surface area contributed by atoms with Crippen LogP contribution < -0.4 is 0 Å². The van der Waals surface area contributed by atoms with Gasteiger partial charge >= 0.3 is 12.7 Å². The molecule has 1 atom stereocenters. The van der Waals surface area contributed by atoms with Gasteiger partial charge < -0.3 is 4.90 Å². The molecule has 0 spiro atoms. The first-order valence-corrected chi connectivity index (χ1v) is 3.52. The van der Waals surface area contributed by atoms with E-state index >= 15 is 0 Å². The molecule has 0 saturated heterocycles. The summed E-state index contributed by atoms with van der Waals surface area (Å²) in [5.41, 5.74) is 0. The van der Waals surface area contributed by atoms with Gasteiger partial charge in [-0.15, -0.1) is 0 Å². The SMILES string of the molecule is FC(F)N1C=NC(CC(F)(F)F)C1. The first kappa shape index (κ1) is 10.2. The number of rotatable bonds is 2. The monoisotopic (exact) mass is 202 g/mol. The van der Waals surface area contributed by atoms with Crippen molar-refractivity contribution in [3.63, 3.8) is 0 Å². The van der Waals surface area contributed by atoms with Crippen LogP contribution in [0, 0.1) is 0 Å². The van der Waals surface area contributed by atoms with E-state index in [-0.39, 0.29) is 6.54 Å². The number of hydrogen-bond donors (Lipinski definition) is 0. The topological polar surface area (TPSA) is 15.6 Å². The molecule has 0 bridgehead atoms. The number of nitrogens with zero attached hydrogens (tertiary/aromatic N) is 2. The summed E-state index contributed by atoms with van der Waals surface area (Å²) in [6.45, 7) is -3.14. The van der Waals surface area contributed by atoms with E-state index in [1.165, 1.54) is 0 Å². The molecule has 1 unspecified atom stereocenters. The first-order chi connectivity index (χ1) is 5.88. The fraction of sp³-hybridized carbons (Fsp3) is 0.833. The second-order valence-corrected chi connectivity index (χ2v) is 2.71. The van der Waals surface area contributed by atoms with Gasteiger partial charge in [-0.2, -0.15) is 22.0 Å². The Kier molecular flexibility index (Phi) is 2.72. The average Bonchev–Trinajstić information content (AvgIpc) is 2.31. The van der Waals surface area contributed by atoms with Gasteiger partial charge in [0.2, 0.25) is 0 Å². The normalized spacial score (nSPS) is 23.2. The Balaban J connectivity index is 2.39. The van der Waals surface area contributed by atoms with E-state index in [1.807, 2.05) is 0 Å². The Bertz CT molecular complexity index is 200. The Hall–Kier alpha value is -0.880. The molecule has 0 aromatic heterocycles. The largest absolute Gasteiger partial charge is 0.391 e. The van der Waals surface area contributed by atoms with E-state index in [0.29, 0.717) is 4.90 Å². The first-order valence-electron chi connectivity index (χ1n) is 3.52. The van der Waals surface area contributed by atoms with E-state index in [1.54, 1.807) is 0 Å². The summed E-state index contributed by atoms with van der Waals surface area (Å²) in [5, 5.41) is 0. The van der Waals surface area contributed by atoms with Gasteiger partial charge in [0.25, 0.3) is 0 Å². The Morgan fingerprint density at radius 1 is 1.46 bits per heavy atom. The molecule has 0 amide bonds. The molecule has 0 fully saturated rings. The van der Waals surface area contributed by atoms with Crippen LogP contribution in [-0.4, -0.2) is 36.6 Å². The fourth-order valence-electron chi connectivity index (χ4n) is 1.03. The third kappa shape index (κ3) is 3.16. The van der Waals surface area contributed by atoms with Crippen LogP contribution in [0.15, 0.2) is 4.99 Å². The minimum absolute atomic E-state index is 0.364. The zero-order chi connectivity index (χ0) is 10.1. The molecule has 0 aromatic rings. The zero-order valence-electron chi connectivity index (χ0n) is 6.43. The van der Waals surface area contributed by atoms with Gasteiger partial charge in [-0.05, 0) is 0 Å². The van der Waals surface area contributed by atoms with Crippen LogP contribution in [0.5, 0.6) is 0 Å². The second-order valence-electron chi connectivity index (χ2n) is 2.71. The molecule has 0 radical (unpaired) electrons. The van der Waals surface area contributed by atoms with E-state index < -0.39 is 25.2 Å². The maximum Gasteiger partial charge on any atom is 0.391 e. The minimum Gasteiger partial charge on any atom is -0.305 e. The van der Waals surface area contributed by atoms with E-state index in [4.69, 9.17) is 0 Å². The molecule has 0 aliphatic carbocycles. The molecular formula is C6H7F5N2. The van der Waals surface area contributed by atoms with Crippen LogP contribution in [0.25, 0.3) is 0 Å². The Morgan fingerprint density at radius 3 is 2.46 bits per heavy atom. The highest BCUT2D eigenvalue weighted by Gasteiger charge is 2.35. The molecule has 76 valence electrons. The van der Waals surface area contributed by atoms with Crippen LogP contribution in [0.2, 0.25) is 0 Å². The molecule has 13 heavy (non-hydrogen) atoms. The van der Waals surface area contributed by atoms with Gasteiger partial charge in [-0.25, -0.2) is 0 Å². The summed E-state index contributed by atoms with van der Waals surface area (Å²) in [4.78, 5) is 3.81. The summed E-state index contributed by atoms with van der Waals surface area (Å²) in [6.07, 6.45) is -4.73. The predicted molar refractivity (Wildman–Crippen MR) is 35.7 cm³/mol. The summed E-state index contributed by atoms with van der Waals surface area (Å²) in [5.74, 6) is 0. The van der Waals surface area contributed by atoms with Crippen LogP contribution in [0.1, 0.15) is 6.42 Å². The predicted octanol–water partition coefficient (Wildman–Crippen LogP) is 1.87. The van der Waals surface area contributed by atoms with Gasteiger partial charge in [-0.1, -0.05) is 0 Å². The van der Waals surface area contributed by atoms with E-state index in [2.05, 4.69) is 4.99 Å². The lowest BCUT2D eigenvalue weighted by molar-refractivity contribution is -0.138. The number of alkyl halides is 5. The smallest absolute Gasteiger partial charge is 0.305 e. The lowest BCUT2D eigenvalue weighted by atomic mass is 10.2. The maximum absolute atomic E-state index is 11.9. The van der Waals surface area contributed by atoms with Crippen molar-refractivity contribution in [1.29, 1.82) is 0 Å². The van der Waals surface area contributed by atoms with Crippen molar-refractivity contribution in [3.8, 4) is 0 Å². The van der Waals surface area contributed by atoms with Crippen LogP contribution in [0.4, 0.5) is 22.0 Å². The van der Waals surface area contributed by atoms with Crippen molar-refractivity contribution in [3.05, 3.63) is 0 Å². The van der Waals surface area contributed by atoms with E-state index in [0.717, 1.165) is 6.34 Å². The average molecular weight is 202 g/mol. The molecule has 2 nitrogen and oxygen atoms in total. The minimum atomic E-state index is -4.35. The lowest BCUT2D eigenvalue weighted by Crippen LogP contribution is -2.30. The quantitative estimate of drug-likeness (QED) is 0.493. The van der Waals surface area contributed by atoms with Crippen molar-refractivity contribution < 1.29 is 22.0 Å². The molecule has 7 heteroatoms. The van der Waals surface area contributed by atoms with Gasteiger partial charge in [-0.3, -0.25) is 4.99 Å². The maximum atomic E-state index is 11.9. The summed E-state index contributed by atoms with van der Waals surface area (Å²) < 4.78 is 59.1.